The fourth-order valence-electron chi connectivity index (χ4n) is 4.73. The van der Waals surface area contributed by atoms with E-state index in [4.69, 9.17) is 0 Å². The summed E-state index contributed by atoms with van der Waals surface area (Å²) in [5, 5.41) is 0. The van der Waals surface area contributed by atoms with E-state index in [1.807, 2.05) is 29.2 Å². The Balaban J connectivity index is 1.46. The Morgan fingerprint density at radius 3 is 2.75 bits per heavy atom. The molecule has 2 fully saturated rings. The largest absolute Gasteiger partial charge is 0.341 e. The fraction of sp³-hybridized carbons (Fsp3) is 0.429. The highest BCUT2D eigenvalue weighted by molar-refractivity contribution is 7.92. The van der Waals surface area contributed by atoms with E-state index in [2.05, 4.69) is 22.7 Å². The van der Waals surface area contributed by atoms with E-state index in [1.165, 1.54) is 0 Å². The van der Waals surface area contributed by atoms with E-state index in [9.17, 15) is 13.2 Å². The topological polar surface area (TPSA) is 79.4 Å². The van der Waals surface area contributed by atoms with Crippen LogP contribution in [0.15, 0.2) is 48.8 Å². The highest BCUT2D eigenvalue weighted by Crippen LogP contribution is 2.64. The number of hydrogen-bond donors (Lipinski definition) is 1. The minimum atomic E-state index is -3.31. The van der Waals surface area contributed by atoms with Crippen molar-refractivity contribution in [2.24, 2.45) is 11.8 Å². The highest BCUT2D eigenvalue weighted by atomic mass is 32.2. The van der Waals surface area contributed by atoms with Gasteiger partial charge in [0.15, 0.2) is 0 Å². The Hall–Kier alpha value is -2.41. The van der Waals surface area contributed by atoms with E-state index >= 15 is 0 Å². The zero-order valence-corrected chi connectivity index (χ0v) is 16.9. The molecule has 1 aromatic heterocycles. The van der Waals surface area contributed by atoms with Crippen LogP contribution in [0.4, 0.5) is 5.69 Å². The number of piperidine rings is 1. The lowest BCUT2D eigenvalue weighted by atomic mass is 9.92. The van der Waals surface area contributed by atoms with E-state index < -0.39 is 10.0 Å². The van der Waals surface area contributed by atoms with Crippen molar-refractivity contribution in [2.75, 3.05) is 24.1 Å². The number of rotatable bonds is 6. The molecule has 1 saturated carbocycles. The summed E-state index contributed by atoms with van der Waals surface area (Å²) in [4.78, 5) is 18.7. The molecule has 1 saturated heterocycles. The average Bonchev–Trinajstić information content (AvgIpc) is 3.02. The molecule has 1 aliphatic carbocycles. The van der Waals surface area contributed by atoms with Gasteiger partial charge in [0, 0.05) is 43.0 Å². The van der Waals surface area contributed by atoms with Crippen LogP contribution in [0.5, 0.6) is 0 Å². The van der Waals surface area contributed by atoms with Gasteiger partial charge in [-0.25, -0.2) is 8.42 Å². The van der Waals surface area contributed by atoms with Crippen LogP contribution in [-0.4, -0.2) is 43.6 Å². The van der Waals surface area contributed by atoms with Gasteiger partial charge in [-0.1, -0.05) is 19.1 Å². The SMILES string of the molecule is CC1C2CN(C(=O)CCc3ccncc3)CC12c1cccc(NS(C)(=O)=O)c1. The van der Waals surface area contributed by atoms with Crippen molar-refractivity contribution >= 4 is 21.6 Å². The zero-order chi connectivity index (χ0) is 19.9. The number of fused-ring (bicyclic) bond motifs is 1. The Morgan fingerprint density at radius 2 is 2.04 bits per heavy atom. The smallest absolute Gasteiger partial charge is 0.229 e. The lowest BCUT2D eigenvalue weighted by molar-refractivity contribution is -0.130. The molecule has 4 rings (SSSR count). The van der Waals surface area contributed by atoms with Crippen molar-refractivity contribution in [3.8, 4) is 0 Å². The fourth-order valence-corrected chi connectivity index (χ4v) is 5.28. The number of sulfonamides is 1. The summed E-state index contributed by atoms with van der Waals surface area (Å²) < 4.78 is 25.7. The summed E-state index contributed by atoms with van der Waals surface area (Å²) in [6.45, 7) is 3.70. The molecule has 1 aliphatic heterocycles. The van der Waals surface area contributed by atoms with Gasteiger partial charge in [-0.3, -0.25) is 14.5 Å². The number of pyridine rings is 1. The van der Waals surface area contributed by atoms with Crippen molar-refractivity contribution in [3.63, 3.8) is 0 Å². The molecule has 2 heterocycles. The van der Waals surface area contributed by atoms with Crippen molar-refractivity contribution in [1.82, 2.24) is 9.88 Å². The molecule has 1 amide bonds. The molecule has 3 unspecified atom stereocenters. The van der Waals surface area contributed by atoms with Gasteiger partial charge in [0.25, 0.3) is 0 Å². The molecule has 3 atom stereocenters. The molecule has 2 aromatic rings. The molecule has 2 aliphatic rings. The first-order chi connectivity index (χ1) is 13.3. The maximum absolute atomic E-state index is 12.7. The third-order valence-electron chi connectivity index (χ3n) is 6.27. The number of likely N-dealkylation sites (tertiary alicyclic amines) is 1. The number of anilines is 1. The molecule has 0 radical (unpaired) electrons. The average molecular weight is 400 g/mol. The van der Waals surface area contributed by atoms with Crippen molar-refractivity contribution < 1.29 is 13.2 Å². The Kier molecular flexibility index (Phi) is 4.65. The van der Waals surface area contributed by atoms with E-state index in [0.29, 0.717) is 30.5 Å². The van der Waals surface area contributed by atoms with Gasteiger partial charge in [0.1, 0.15) is 0 Å². The third kappa shape index (κ3) is 3.51. The minimum absolute atomic E-state index is 0.0540. The summed E-state index contributed by atoms with van der Waals surface area (Å²) >= 11 is 0. The lowest BCUT2D eigenvalue weighted by Crippen LogP contribution is -2.34. The molecule has 0 bridgehead atoms. The molecule has 7 heteroatoms. The lowest BCUT2D eigenvalue weighted by Gasteiger charge is -2.24. The number of aromatic nitrogens is 1. The second-order valence-corrected chi connectivity index (χ2v) is 9.77. The van der Waals surface area contributed by atoms with Crippen molar-refractivity contribution in [1.29, 1.82) is 0 Å². The maximum atomic E-state index is 12.7. The van der Waals surface area contributed by atoms with Gasteiger partial charge >= 0.3 is 0 Å². The number of amides is 1. The first-order valence-corrected chi connectivity index (χ1v) is 11.4. The second kappa shape index (κ2) is 6.88. The summed E-state index contributed by atoms with van der Waals surface area (Å²) in [5.41, 5.74) is 2.76. The quantitative estimate of drug-likeness (QED) is 0.809. The zero-order valence-electron chi connectivity index (χ0n) is 16.1. The number of hydrogen-bond acceptors (Lipinski definition) is 4. The Morgan fingerprint density at radius 1 is 1.29 bits per heavy atom. The minimum Gasteiger partial charge on any atom is -0.341 e. The standard InChI is InChI=1S/C21H25N3O3S/c1-15-19-13-24(20(25)7-6-16-8-10-22-11-9-16)14-21(15,19)17-4-3-5-18(12-17)23-28(2,26)27/h3-5,8-12,15,19,23H,6-7,13-14H2,1-2H3. The first-order valence-electron chi connectivity index (χ1n) is 9.54. The first kappa shape index (κ1) is 18.9. The summed E-state index contributed by atoms with van der Waals surface area (Å²) in [5.74, 6) is 1.11. The van der Waals surface area contributed by atoms with Crippen LogP contribution in [-0.2, 0) is 26.7 Å². The molecule has 28 heavy (non-hydrogen) atoms. The predicted octanol–water partition coefficient (Wildman–Crippen LogP) is 2.43. The third-order valence-corrected chi connectivity index (χ3v) is 6.88. The predicted molar refractivity (Wildman–Crippen MR) is 108 cm³/mol. The van der Waals surface area contributed by atoms with Gasteiger partial charge in [-0.15, -0.1) is 0 Å². The number of nitrogens with zero attached hydrogens (tertiary/aromatic N) is 2. The van der Waals surface area contributed by atoms with Gasteiger partial charge in [0.05, 0.1) is 6.26 Å². The van der Waals surface area contributed by atoms with Crippen LogP contribution < -0.4 is 4.72 Å². The molecule has 1 N–H and O–H groups in total. The molecular formula is C21H25N3O3S. The monoisotopic (exact) mass is 399 g/mol. The van der Waals surface area contributed by atoms with E-state index in [-0.39, 0.29) is 11.3 Å². The van der Waals surface area contributed by atoms with Gasteiger partial charge < -0.3 is 4.90 Å². The van der Waals surface area contributed by atoms with Crippen LogP contribution in [0, 0.1) is 11.8 Å². The molecule has 6 nitrogen and oxygen atoms in total. The summed E-state index contributed by atoms with van der Waals surface area (Å²) in [6.07, 6.45) is 5.87. The number of carbonyl (C=O) groups is 1. The van der Waals surface area contributed by atoms with Crippen LogP contribution in [0.25, 0.3) is 0 Å². The molecule has 1 aromatic carbocycles. The Bertz CT molecular complexity index is 993. The molecule has 0 spiro atoms. The summed E-state index contributed by atoms with van der Waals surface area (Å²) in [6, 6.07) is 11.5. The van der Waals surface area contributed by atoms with Gasteiger partial charge in [-0.05, 0) is 53.6 Å². The normalized spacial score (nSPS) is 26.0. The van der Waals surface area contributed by atoms with Crippen molar-refractivity contribution in [2.45, 2.75) is 25.2 Å². The Labute approximate surface area is 166 Å². The molecule has 148 valence electrons. The van der Waals surface area contributed by atoms with E-state index in [0.717, 1.165) is 30.3 Å². The van der Waals surface area contributed by atoms with E-state index in [1.54, 1.807) is 18.5 Å². The van der Waals surface area contributed by atoms with Gasteiger partial charge in [0.2, 0.25) is 15.9 Å². The molecular weight excluding hydrogens is 374 g/mol. The number of nitrogens with one attached hydrogen (secondary N) is 1. The van der Waals surface area contributed by atoms with Gasteiger partial charge in [-0.2, -0.15) is 0 Å². The summed E-state index contributed by atoms with van der Waals surface area (Å²) in [7, 11) is -3.31. The maximum Gasteiger partial charge on any atom is 0.229 e. The number of benzene rings is 1. The van der Waals surface area contributed by atoms with Crippen LogP contribution >= 0.6 is 0 Å². The van der Waals surface area contributed by atoms with Crippen LogP contribution in [0.3, 0.4) is 0 Å². The number of carbonyl (C=O) groups excluding carboxylic acids is 1. The number of aryl methyl sites for hydroxylation is 1. The highest BCUT2D eigenvalue weighted by Gasteiger charge is 2.67. The second-order valence-electron chi connectivity index (χ2n) is 8.02. The van der Waals surface area contributed by atoms with Crippen LogP contribution in [0.1, 0.15) is 24.5 Å². The van der Waals surface area contributed by atoms with Crippen LogP contribution in [0.2, 0.25) is 0 Å². The van der Waals surface area contributed by atoms with Crippen molar-refractivity contribution in [3.05, 3.63) is 59.9 Å².